The van der Waals surface area contributed by atoms with Gasteiger partial charge in [-0.2, -0.15) is 0 Å². The Morgan fingerprint density at radius 3 is 1.69 bits per heavy atom. The Morgan fingerprint density at radius 1 is 0.667 bits per heavy atom. The van der Waals surface area contributed by atoms with Crippen molar-refractivity contribution in [2.45, 2.75) is 142 Å². The van der Waals surface area contributed by atoms with Crippen LogP contribution in [0.25, 0.3) is 0 Å². The highest BCUT2D eigenvalue weighted by Crippen LogP contribution is 2.38. The van der Waals surface area contributed by atoms with Crippen molar-refractivity contribution in [3.05, 3.63) is 72.9 Å². The zero-order valence-electron chi connectivity index (χ0n) is 29.0. The molecule has 0 unspecified atom stereocenters. The van der Waals surface area contributed by atoms with Crippen LogP contribution in [0.5, 0.6) is 0 Å². The maximum atomic E-state index is 6.77. The lowest BCUT2D eigenvalue weighted by molar-refractivity contribution is -0.0457. The average Bonchev–Trinajstić information content (AvgIpc) is 3.40. The summed E-state index contributed by atoms with van der Waals surface area (Å²) in [5.41, 5.74) is 0. The van der Waals surface area contributed by atoms with E-state index in [2.05, 4.69) is 148 Å². The van der Waals surface area contributed by atoms with Crippen molar-refractivity contribution in [1.82, 2.24) is 0 Å². The summed E-state index contributed by atoms with van der Waals surface area (Å²) in [5.74, 6) is 0. The molecule has 6 heteroatoms. The van der Waals surface area contributed by atoms with Gasteiger partial charge in [0, 0.05) is 6.42 Å². The molecule has 2 atom stereocenters. The summed E-state index contributed by atoms with van der Waals surface area (Å²) in [5, 5.41) is 0.388. The Morgan fingerprint density at radius 2 is 1.14 bits per heavy atom. The van der Waals surface area contributed by atoms with E-state index < -0.39 is 16.6 Å². The Balaban J connectivity index is 2.61. The van der Waals surface area contributed by atoms with Gasteiger partial charge in [0.1, 0.15) is 0 Å². The van der Waals surface area contributed by atoms with E-state index in [1.54, 1.807) is 0 Å². The second kappa shape index (κ2) is 19.2. The van der Waals surface area contributed by atoms with Gasteiger partial charge in [-0.1, -0.05) is 121 Å². The molecule has 0 amide bonds. The maximum Gasteiger partial charge on any atom is 0.192 e. The molecule has 0 radical (unpaired) electrons. The number of ether oxygens (including phenoxy) is 2. The van der Waals surface area contributed by atoms with E-state index in [0.717, 1.165) is 51.7 Å². The molecule has 42 heavy (non-hydrogen) atoms. The first-order valence-electron chi connectivity index (χ1n) is 16.1. The molecule has 4 nitrogen and oxygen atoms in total. The first-order chi connectivity index (χ1) is 19.6. The maximum absolute atomic E-state index is 6.77. The predicted octanol–water partition coefficient (Wildman–Crippen LogP) is 10.8. The molecule has 0 aromatic carbocycles. The van der Waals surface area contributed by atoms with Gasteiger partial charge < -0.3 is 18.3 Å². The van der Waals surface area contributed by atoms with Crippen molar-refractivity contribution in [3.63, 3.8) is 0 Å². The van der Waals surface area contributed by atoms with Gasteiger partial charge in [0.25, 0.3) is 0 Å². The highest BCUT2D eigenvalue weighted by Gasteiger charge is 2.39. The quantitative estimate of drug-likeness (QED) is 0.0872. The fourth-order valence-electron chi connectivity index (χ4n) is 3.73. The zero-order chi connectivity index (χ0) is 31.7. The van der Waals surface area contributed by atoms with E-state index >= 15 is 0 Å². The van der Waals surface area contributed by atoms with Crippen LogP contribution in [0.2, 0.25) is 36.3 Å². The molecule has 0 saturated carbocycles. The molecule has 0 bridgehead atoms. The van der Waals surface area contributed by atoms with Crippen molar-refractivity contribution in [2.75, 3.05) is 13.2 Å². The molecule has 1 aliphatic heterocycles. The highest BCUT2D eigenvalue weighted by atomic mass is 28.4. The molecule has 1 heterocycles. The van der Waals surface area contributed by atoms with Gasteiger partial charge in [0.05, 0.1) is 25.4 Å². The topological polar surface area (TPSA) is 36.9 Å². The fraction of sp³-hybridized carbons (Fsp3) is 0.667. The van der Waals surface area contributed by atoms with Crippen molar-refractivity contribution in [3.8, 4) is 0 Å². The summed E-state index contributed by atoms with van der Waals surface area (Å²) in [6.07, 6.45) is 32.2. The summed E-state index contributed by atoms with van der Waals surface area (Å²) in [6.45, 7) is 26.7. The van der Waals surface area contributed by atoms with Crippen LogP contribution in [0.3, 0.4) is 0 Å². The number of hydrogen-bond donors (Lipinski definition) is 0. The average molecular weight is 617 g/mol. The smallest absolute Gasteiger partial charge is 0.192 e. The predicted molar refractivity (Wildman–Crippen MR) is 188 cm³/mol. The lowest BCUT2D eigenvalue weighted by atomic mass is 10.2. The van der Waals surface area contributed by atoms with Gasteiger partial charge in [-0.15, -0.1) is 0 Å². The Bertz CT molecular complexity index is 908. The minimum absolute atomic E-state index is 0.00539. The van der Waals surface area contributed by atoms with Gasteiger partial charge in [-0.25, -0.2) is 0 Å². The van der Waals surface area contributed by atoms with Crippen molar-refractivity contribution in [2.24, 2.45) is 0 Å². The van der Waals surface area contributed by atoms with E-state index in [-0.39, 0.29) is 28.6 Å². The van der Waals surface area contributed by atoms with Crippen LogP contribution in [0.1, 0.15) is 87.0 Å². The summed E-state index contributed by atoms with van der Waals surface area (Å²) < 4.78 is 24.3. The summed E-state index contributed by atoms with van der Waals surface area (Å²) in [6, 6.07) is 0. The van der Waals surface area contributed by atoms with Gasteiger partial charge in [-0.05, 0) is 68.4 Å². The Hall–Kier alpha value is -1.29. The molecular weight excluding hydrogens is 553 g/mol. The molecule has 1 saturated heterocycles. The third-order valence-corrected chi connectivity index (χ3v) is 17.6. The first kappa shape index (κ1) is 38.7. The van der Waals surface area contributed by atoms with Gasteiger partial charge >= 0.3 is 0 Å². The third kappa shape index (κ3) is 16.0. The minimum Gasteiger partial charge on any atom is -0.411 e. The van der Waals surface area contributed by atoms with Crippen LogP contribution in [0, 0.1) is 0 Å². The summed E-state index contributed by atoms with van der Waals surface area (Å²) >= 11 is 0. The van der Waals surface area contributed by atoms with E-state index in [9.17, 15) is 0 Å². The van der Waals surface area contributed by atoms with E-state index in [0.29, 0.717) is 0 Å². The monoisotopic (exact) mass is 616 g/mol. The molecule has 0 aromatic heterocycles. The van der Waals surface area contributed by atoms with Crippen molar-refractivity contribution in [1.29, 1.82) is 0 Å². The molecule has 1 rings (SSSR count). The second-order valence-corrected chi connectivity index (χ2v) is 23.8. The minimum atomic E-state index is -1.89. The SMILES string of the molecule is CC[C@H](/C=C/C=C\C[C@@H](/C=C/C=C\C/C=C\C/C=C\CCC1OCCO1)O[Si](C)(C)C(C)(C)C)O[Si](C)(C)C(C)(C)C. The van der Waals surface area contributed by atoms with Crippen LogP contribution in [-0.2, 0) is 18.3 Å². The largest absolute Gasteiger partial charge is 0.411 e. The molecule has 1 fully saturated rings. The normalized spacial score (nSPS) is 18.4. The lowest BCUT2D eigenvalue weighted by Gasteiger charge is -2.38. The summed E-state index contributed by atoms with van der Waals surface area (Å²) in [4.78, 5) is 0. The zero-order valence-corrected chi connectivity index (χ0v) is 31.0. The Labute approximate surface area is 262 Å². The number of hydrogen-bond acceptors (Lipinski definition) is 4. The lowest BCUT2D eigenvalue weighted by Crippen LogP contribution is -2.43. The standard InChI is InChI=1S/C36H64O4Si2/c1-12-32(39-41(8,9)35(2,3)4)26-23-21-24-28-33(40-42(10,11)36(5,6)7)27-22-19-17-15-13-14-16-18-20-25-29-34-37-30-31-38-34/h13-14,17-24,26-27,32-34H,12,15-16,25,28-31H2,1-11H3/b14-13-,19-17-,20-18-,24-21-,26-23+,27-22+/t32-,33-/m1/s1. The molecule has 0 spiro atoms. The van der Waals surface area contributed by atoms with E-state index in [1.807, 2.05) is 0 Å². The molecular formula is C36H64O4Si2. The third-order valence-electron chi connectivity index (χ3n) is 8.56. The van der Waals surface area contributed by atoms with Crippen LogP contribution in [-0.4, -0.2) is 48.3 Å². The van der Waals surface area contributed by atoms with Gasteiger partial charge in [0.15, 0.2) is 22.9 Å². The van der Waals surface area contributed by atoms with E-state index in [4.69, 9.17) is 18.3 Å². The van der Waals surface area contributed by atoms with Crippen molar-refractivity contribution >= 4 is 16.6 Å². The summed E-state index contributed by atoms with van der Waals surface area (Å²) in [7, 11) is -3.67. The second-order valence-electron chi connectivity index (χ2n) is 14.3. The highest BCUT2D eigenvalue weighted by molar-refractivity contribution is 6.74. The van der Waals surface area contributed by atoms with Crippen LogP contribution in [0.4, 0.5) is 0 Å². The van der Waals surface area contributed by atoms with Gasteiger partial charge in [-0.3, -0.25) is 0 Å². The van der Waals surface area contributed by atoms with Crippen LogP contribution >= 0.6 is 0 Å². The first-order valence-corrected chi connectivity index (χ1v) is 22.0. The van der Waals surface area contributed by atoms with E-state index in [1.165, 1.54) is 0 Å². The van der Waals surface area contributed by atoms with Crippen molar-refractivity contribution < 1.29 is 18.3 Å². The molecule has 0 aliphatic carbocycles. The van der Waals surface area contributed by atoms with Gasteiger partial charge in [0.2, 0.25) is 0 Å². The molecule has 0 N–H and O–H groups in total. The molecule has 0 aromatic rings. The van der Waals surface area contributed by atoms with Crippen LogP contribution in [0.15, 0.2) is 72.9 Å². The molecule has 1 aliphatic rings. The number of allylic oxidation sites excluding steroid dienone is 9. The number of rotatable bonds is 18. The Kier molecular flexibility index (Phi) is 17.7. The fourth-order valence-corrected chi connectivity index (χ4v) is 6.37. The molecule has 240 valence electrons. The van der Waals surface area contributed by atoms with Crippen LogP contribution < -0.4 is 0 Å².